The summed E-state index contributed by atoms with van der Waals surface area (Å²) in [4.78, 5) is 24.4. The van der Waals surface area contributed by atoms with Crippen LogP contribution in [0.2, 0.25) is 0 Å². The second kappa shape index (κ2) is 4.94. The lowest BCUT2D eigenvalue weighted by Crippen LogP contribution is -2.40. The highest BCUT2D eigenvalue weighted by Crippen LogP contribution is 2.62. The zero-order chi connectivity index (χ0) is 17.4. The van der Waals surface area contributed by atoms with Gasteiger partial charge in [-0.05, 0) is 20.3 Å². The Morgan fingerprint density at radius 1 is 1.38 bits per heavy atom. The van der Waals surface area contributed by atoms with Gasteiger partial charge in [-0.15, -0.1) is 0 Å². The van der Waals surface area contributed by atoms with Crippen LogP contribution in [0.4, 0.5) is 0 Å². The molecule has 0 aromatic rings. The molecule has 130 valence electrons. The number of carbonyl (C=O) groups excluding carboxylic acids is 2. The fourth-order valence-electron chi connectivity index (χ4n) is 4.71. The summed E-state index contributed by atoms with van der Waals surface area (Å²) in [5.41, 5.74) is 2.70. The Hall–Kier alpha value is -1.62. The Morgan fingerprint density at radius 3 is 2.75 bits per heavy atom. The van der Waals surface area contributed by atoms with E-state index in [-0.39, 0.29) is 47.5 Å². The van der Waals surface area contributed by atoms with Crippen LogP contribution >= 0.6 is 0 Å². The Morgan fingerprint density at radius 2 is 2.08 bits per heavy atom. The van der Waals surface area contributed by atoms with E-state index in [0.717, 1.165) is 6.42 Å². The second-order valence-electron chi connectivity index (χ2n) is 8.03. The molecule has 4 rings (SSSR count). The van der Waals surface area contributed by atoms with E-state index in [1.165, 1.54) is 11.1 Å². The van der Waals surface area contributed by atoms with Crippen molar-refractivity contribution in [1.29, 1.82) is 0 Å². The van der Waals surface area contributed by atoms with Crippen molar-refractivity contribution in [3.8, 4) is 0 Å². The van der Waals surface area contributed by atoms with Gasteiger partial charge in [-0.2, -0.15) is 0 Å². The number of epoxide rings is 1. The van der Waals surface area contributed by atoms with Gasteiger partial charge in [0.1, 0.15) is 17.8 Å². The maximum absolute atomic E-state index is 12.2. The Bertz CT molecular complexity index is 675. The molecule has 2 saturated heterocycles. The van der Waals surface area contributed by atoms with Gasteiger partial charge in [0, 0.05) is 17.9 Å². The molecule has 5 heteroatoms. The average molecular weight is 332 g/mol. The van der Waals surface area contributed by atoms with Gasteiger partial charge in [0.25, 0.3) is 0 Å². The lowest BCUT2D eigenvalue weighted by molar-refractivity contribution is -0.156. The quantitative estimate of drug-likeness (QED) is 0.336. The molecule has 4 aliphatic rings. The maximum Gasteiger partial charge on any atom is 0.334 e. The van der Waals surface area contributed by atoms with Gasteiger partial charge in [-0.3, -0.25) is 4.79 Å². The molecule has 6 atom stereocenters. The summed E-state index contributed by atoms with van der Waals surface area (Å²) < 4.78 is 17.4. The number of carbonyl (C=O) groups is 2. The minimum absolute atomic E-state index is 0.0402. The van der Waals surface area contributed by atoms with Gasteiger partial charge in [-0.1, -0.05) is 31.6 Å². The first-order valence-electron chi connectivity index (χ1n) is 8.70. The van der Waals surface area contributed by atoms with Gasteiger partial charge in [-0.25, -0.2) is 4.79 Å². The molecule has 0 unspecified atom stereocenters. The Labute approximate surface area is 142 Å². The van der Waals surface area contributed by atoms with Crippen LogP contribution in [-0.4, -0.2) is 35.9 Å². The van der Waals surface area contributed by atoms with E-state index in [1.807, 2.05) is 13.8 Å². The van der Waals surface area contributed by atoms with E-state index in [4.69, 9.17) is 14.2 Å². The highest BCUT2D eigenvalue weighted by atomic mass is 16.6. The summed E-state index contributed by atoms with van der Waals surface area (Å²) in [5.74, 6) is -1.08. The third kappa shape index (κ3) is 2.03. The minimum Gasteiger partial charge on any atom is -0.461 e. The summed E-state index contributed by atoms with van der Waals surface area (Å²) in [6.45, 7) is 11.7. The lowest BCUT2D eigenvalue weighted by Gasteiger charge is -2.30. The fourth-order valence-corrected chi connectivity index (χ4v) is 4.71. The van der Waals surface area contributed by atoms with Gasteiger partial charge in [0.2, 0.25) is 0 Å². The number of fused-ring (bicyclic) bond motifs is 5. The molecule has 5 nitrogen and oxygen atoms in total. The molecule has 0 amide bonds. The third-order valence-corrected chi connectivity index (χ3v) is 6.16. The van der Waals surface area contributed by atoms with Crippen molar-refractivity contribution >= 4 is 11.9 Å². The number of ether oxygens (including phenoxy) is 3. The summed E-state index contributed by atoms with van der Waals surface area (Å²) in [6, 6.07) is 0. The largest absolute Gasteiger partial charge is 0.461 e. The molecule has 0 N–H and O–H groups in total. The molecule has 3 fully saturated rings. The van der Waals surface area contributed by atoms with Crippen molar-refractivity contribution in [3.05, 3.63) is 23.3 Å². The maximum atomic E-state index is 12.2. The zero-order valence-corrected chi connectivity index (χ0v) is 14.6. The highest BCUT2D eigenvalue weighted by Gasteiger charge is 2.70. The number of hydrogen-bond acceptors (Lipinski definition) is 5. The molecular formula is C19H24O5. The molecule has 2 aliphatic heterocycles. The van der Waals surface area contributed by atoms with E-state index >= 15 is 0 Å². The van der Waals surface area contributed by atoms with Crippen LogP contribution in [0.3, 0.4) is 0 Å². The third-order valence-electron chi connectivity index (χ3n) is 6.16. The van der Waals surface area contributed by atoms with Crippen molar-refractivity contribution in [2.45, 2.75) is 64.4 Å². The van der Waals surface area contributed by atoms with Crippen LogP contribution in [0.15, 0.2) is 23.3 Å². The topological polar surface area (TPSA) is 65.1 Å². The first-order valence-corrected chi connectivity index (χ1v) is 8.70. The van der Waals surface area contributed by atoms with Crippen LogP contribution in [0.1, 0.15) is 40.5 Å². The lowest BCUT2D eigenvalue weighted by atomic mass is 9.80. The number of rotatable bonds is 2. The predicted octanol–water partition coefficient (Wildman–Crippen LogP) is 2.55. The summed E-state index contributed by atoms with van der Waals surface area (Å²) in [6.07, 6.45) is 0.979. The van der Waals surface area contributed by atoms with Crippen molar-refractivity contribution in [1.82, 2.24) is 0 Å². The fraction of sp³-hybridized carbons (Fsp3) is 0.684. The molecule has 0 aromatic carbocycles. The number of hydrogen-bond donors (Lipinski definition) is 0. The smallest absolute Gasteiger partial charge is 0.334 e. The molecule has 0 aromatic heterocycles. The highest BCUT2D eigenvalue weighted by molar-refractivity contribution is 5.91. The van der Waals surface area contributed by atoms with Crippen molar-refractivity contribution < 1.29 is 23.8 Å². The van der Waals surface area contributed by atoms with Gasteiger partial charge >= 0.3 is 11.9 Å². The summed E-state index contributed by atoms with van der Waals surface area (Å²) in [5, 5.41) is 0. The van der Waals surface area contributed by atoms with Crippen LogP contribution in [0, 0.1) is 17.8 Å². The Balaban J connectivity index is 1.73. The van der Waals surface area contributed by atoms with Crippen LogP contribution < -0.4 is 0 Å². The molecule has 0 radical (unpaired) electrons. The van der Waals surface area contributed by atoms with Crippen LogP contribution in [-0.2, 0) is 23.8 Å². The van der Waals surface area contributed by atoms with E-state index in [1.54, 1.807) is 0 Å². The SMILES string of the molecule is C=C1C(=O)O[C@H]2[C@H]1[C@@H](OC(=O)C(C)C)CC(C)=C1C[C@@H]3O[C@]3(C)[C@@H]12. The molecule has 2 aliphatic carbocycles. The number of esters is 2. The average Bonchev–Trinajstić information content (AvgIpc) is 2.97. The van der Waals surface area contributed by atoms with Gasteiger partial charge in [0.15, 0.2) is 0 Å². The van der Waals surface area contributed by atoms with Gasteiger partial charge < -0.3 is 14.2 Å². The summed E-state index contributed by atoms with van der Waals surface area (Å²) in [7, 11) is 0. The second-order valence-corrected chi connectivity index (χ2v) is 8.03. The predicted molar refractivity (Wildman–Crippen MR) is 85.9 cm³/mol. The Kier molecular flexibility index (Phi) is 3.27. The normalized spacial score (nSPS) is 43.1. The van der Waals surface area contributed by atoms with E-state index < -0.39 is 6.10 Å². The van der Waals surface area contributed by atoms with Crippen LogP contribution in [0.5, 0.6) is 0 Å². The molecule has 1 saturated carbocycles. The van der Waals surface area contributed by atoms with Crippen molar-refractivity contribution in [3.63, 3.8) is 0 Å². The first kappa shape index (κ1) is 15.9. The van der Waals surface area contributed by atoms with Crippen LogP contribution in [0.25, 0.3) is 0 Å². The first-order chi connectivity index (χ1) is 11.2. The van der Waals surface area contributed by atoms with E-state index in [2.05, 4.69) is 20.4 Å². The standard InChI is InChI=1S/C19H24O5/c1-8(2)17(20)22-12-6-9(3)11-7-13-19(5,24-13)15(11)16-14(12)10(4)18(21)23-16/h8,12-16H,4,6-7H2,1-3,5H3/t12-,13-,14+,15-,16-,19-/m0/s1. The molecule has 0 spiro atoms. The zero-order valence-electron chi connectivity index (χ0n) is 14.6. The van der Waals surface area contributed by atoms with E-state index in [9.17, 15) is 9.59 Å². The monoisotopic (exact) mass is 332 g/mol. The van der Waals surface area contributed by atoms with Crippen molar-refractivity contribution in [2.24, 2.45) is 17.8 Å². The van der Waals surface area contributed by atoms with Crippen molar-refractivity contribution in [2.75, 3.05) is 0 Å². The molecule has 24 heavy (non-hydrogen) atoms. The minimum atomic E-state index is -0.400. The van der Waals surface area contributed by atoms with E-state index in [0.29, 0.717) is 12.0 Å². The molecule has 0 bridgehead atoms. The van der Waals surface area contributed by atoms with Gasteiger partial charge in [0.05, 0.1) is 17.9 Å². The molecular weight excluding hydrogens is 308 g/mol. The molecule has 2 heterocycles. The summed E-state index contributed by atoms with van der Waals surface area (Å²) >= 11 is 0.